The molecule has 3 aromatic heterocycles. The molecule has 4 rings (SSSR count). The number of carbonyl (C=O) groups excluding carboxylic acids is 1. The molecule has 0 spiro atoms. The van der Waals surface area contributed by atoms with Gasteiger partial charge in [0.2, 0.25) is 0 Å². The van der Waals surface area contributed by atoms with Gasteiger partial charge in [-0.1, -0.05) is 25.1 Å². The van der Waals surface area contributed by atoms with Crippen molar-refractivity contribution in [3.8, 4) is 0 Å². The van der Waals surface area contributed by atoms with Gasteiger partial charge in [-0.3, -0.25) is 9.20 Å². The van der Waals surface area contributed by atoms with E-state index in [-0.39, 0.29) is 5.78 Å². The summed E-state index contributed by atoms with van der Waals surface area (Å²) >= 11 is 0. The molecular weight excluding hydrogens is 310 g/mol. The summed E-state index contributed by atoms with van der Waals surface area (Å²) in [5.41, 5.74) is 4.85. The molecule has 0 N–H and O–H groups in total. The van der Waals surface area contributed by atoms with Crippen molar-refractivity contribution < 1.29 is 4.79 Å². The van der Waals surface area contributed by atoms with E-state index in [1.165, 1.54) is 16.5 Å². The normalized spacial score (nSPS) is 11.4. The highest BCUT2D eigenvalue weighted by Crippen LogP contribution is 2.20. The third kappa shape index (κ3) is 2.74. The van der Waals surface area contributed by atoms with Crippen LogP contribution in [0.4, 0.5) is 0 Å². The average Bonchev–Trinajstić information content (AvgIpc) is 3.20. The number of hydrogen-bond acceptors (Lipinski definition) is 2. The Kier molecular flexibility index (Phi) is 3.88. The zero-order valence-corrected chi connectivity index (χ0v) is 14.6. The first-order valence-corrected chi connectivity index (χ1v) is 8.70. The molecule has 0 saturated carbocycles. The van der Waals surface area contributed by atoms with E-state index in [2.05, 4.69) is 40.0 Å². The van der Waals surface area contributed by atoms with Gasteiger partial charge in [0.1, 0.15) is 11.3 Å². The van der Waals surface area contributed by atoms with Crippen LogP contribution in [0.2, 0.25) is 0 Å². The molecule has 4 nitrogen and oxygen atoms in total. The molecule has 0 bridgehead atoms. The molecule has 0 radical (unpaired) electrons. The zero-order chi connectivity index (χ0) is 17.4. The van der Waals surface area contributed by atoms with E-state index in [9.17, 15) is 4.79 Å². The van der Waals surface area contributed by atoms with Crippen LogP contribution in [-0.2, 0) is 19.9 Å². The summed E-state index contributed by atoms with van der Waals surface area (Å²) in [5.74, 6) is 0.155. The number of imidazole rings is 1. The number of rotatable bonds is 5. The van der Waals surface area contributed by atoms with Gasteiger partial charge < -0.3 is 4.57 Å². The fourth-order valence-corrected chi connectivity index (χ4v) is 3.43. The highest BCUT2D eigenvalue weighted by atomic mass is 16.1. The predicted molar refractivity (Wildman–Crippen MR) is 100 cm³/mol. The first-order valence-electron chi connectivity index (χ1n) is 8.70. The number of hydrogen-bond donors (Lipinski definition) is 0. The van der Waals surface area contributed by atoms with E-state index in [1.54, 1.807) is 0 Å². The minimum atomic E-state index is 0.155. The van der Waals surface area contributed by atoms with E-state index >= 15 is 0 Å². The molecule has 3 heterocycles. The van der Waals surface area contributed by atoms with Crippen LogP contribution in [0.3, 0.4) is 0 Å². The van der Waals surface area contributed by atoms with Gasteiger partial charge in [-0.15, -0.1) is 0 Å². The summed E-state index contributed by atoms with van der Waals surface area (Å²) in [5, 5.41) is 1.23. The van der Waals surface area contributed by atoms with Gasteiger partial charge >= 0.3 is 0 Å². The van der Waals surface area contributed by atoms with E-state index in [0.717, 1.165) is 29.9 Å². The topological polar surface area (TPSA) is 39.3 Å². The van der Waals surface area contributed by atoms with Crippen molar-refractivity contribution in [1.82, 2.24) is 14.0 Å². The summed E-state index contributed by atoms with van der Waals surface area (Å²) in [6.45, 7) is 2.04. The molecule has 0 unspecified atom stereocenters. The van der Waals surface area contributed by atoms with Crippen LogP contribution in [0.1, 0.15) is 35.1 Å². The summed E-state index contributed by atoms with van der Waals surface area (Å²) in [4.78, 5) is 17.5. The smallest absolute Gasteiger partial charge is 0.181 e. The first kappa shape index (κ1) is 15.6. The molecule has 1 aromatic carbocycles. The summed E-state index contributed by atoms with van der Waals surface area (Å²) < 4.78 is 4.03. The van der Waals surface area contributed by atoms with Crippen molar-refractivity contribution >= 4 is 22.3 Å². The van der Waals surface area contributed by atoms with Crippen molar-refractivity contribution in [2.75, 3.05) is 0 Å². The summed E-state index contributed by atoms with van der Waals surface area (Å²) in [7, 11) is 2.04. The quantitative estimate of drug-likeness (QED) is 0.514. The number of nitrogens with zero attached hydrogens (tertiary/aromatic N) is 3. The van der Waals surface area contributed by atoms with Crippen LogP contribution in [0, 0.1) is 0 Å². The Morgan fingerprint density at radius 2 is 2.00 bits per heavy atom. The monoisotopic (exact) mass is 331 g/mol. The van der Waals surface area contributed by atoms with Crippen LogP contribution >= 0.6 is 0 Å². The van der Waals surface area contributed by atoms with Gasteiger partial charge in [0, 0.05) is 31.4 Å². The second kappa shape index (κ2) is 6.20. The fourth-order valence-electron chi connectivity index (χ4n) is 3.43. The SMILES string of the molecule is CCc1nc2ccccn2c1C(=O)CCc1ccc2ccn(C)c2c1. The van der Waals surface area contributed by atoms with Crippen molar-refractivity contribution in [1.29, 1.82) is 0 Å². The van der Waals surface area contributed by atoms with Crippen molar-refractivity contribution in [3.63, 3.8) is 0 Å². The molecule has 0 saturated heterocycles. The Hall–Kier alpha value is -2.88. The number of aryl methyl sites for hydroxylation is 3. The third-order valence-electron chi connectivity index (χ3n) is 4.79. The largest absolute Gasteiger partial charge is 0.351 e. The van der Waals surface area contributed by atoms with Gasteiger partial charge in [0.05, 0.1) is 5.69 Å². The Morgan fingerprint density at radius 3 is 2.84 bits per heavy atom. The summed E-state index contributed by atoms with van der Waals surface area (Å²) in [6, 6.07) is 14.4. The summed E-state index contributed by atoms with van der Waals surface area (Å²) in [6.07, 6.45) is 5.98. The van der Waals surface area contributed by atoms with Crippen LogP contribution in [0.5, 0.6) is 0 Å². The maximum absolute atomic E-state index is 12.9. The number of Topliss-reactive ketones (excluding diaryl/α,β-unsaturated/α-hetero) is 1. The van der Waals surface area contributed by atoms with Crippen molar-refractivity contribution in [3.05, 3.63) is 71.8 Å². The Bertz CT molecular complexity index is 1070. The van der Waals surface area contributed by atoms with Gasteiger partial charge in [0.15, 0.2) is 5.78 Å². The van der Waals surface area contributed by atoms with Gasteiger partial charge in [-0.25, -0.2) is 4.98 Å². The van der Waals surface area contributed by atoms with Crippen molar-refractivity contribution in [2.45, 2.75) is 26.2 Å². The molecule has 0 atom stereocenters. The number of ketones is 1. The molecule has 4 heteroatoms. The zero-order valence-electron chi connectivity index (χ0n) is 14.6. The molecule has 0 amide bonds. The molecule has 25 heavy (non-hydrogen) atoms. The molecule has 126 valence electrons. The lowest BCUT2D eigenvalue weighted by molar-refractivity contribution is 0.0976. The average molecular weight is 331 g/mol. The Balaban J connectivity index is 1.60. The van der Waals surface area contributed by atoms with Gasteiger partial charge in [-0.2, -0.15) is 0 Å². The van der Waals surface area contributed by atoms with Crippen LogP contribution in [0.15, 0.2) is 54.9 Å². The van der Waals surface area contributed by atoms with Crippen molar-refractivity contribution in [2.24, 2.45) is 7.05 Å². The molecule has 0 aliphatic heterocycles. The molecular formula is C21H21N3O. The van der Waals surface area contributed by atoms with E-state index in [1.807, 2.05) is 42.8 Å². The fraction of sp³-hybridized carbons (Fsp3) is 0.238. The second-order valence-electron chi connectivity index (χ2n) is 6.43. The maximum atomic E-state index is 12.9. The number of carbonyl (C=O) groups is 1. The Labute approximate surface area is 146 Å². The van der Waals surface area contributed by atoms with Gasteiger partial charge in [-0.05, 0) is 48.1 Å². The Morgan fingerprint density at radius 1 is 1.12 bits per heavy atom. The molecule has 4 aromatic rings. The number of aromatic nitrogens is 3. The maximum Gasteiger partial charge on any atom is 0.181 e. The third-order valence-corrected chi connectivity index (χ3v) is 4.79. The van der Waals surface area contributed by atoms with E-state index in [4.69, 9.17) is 0 Å². The first-order chi connectivity index (χ1) is 12.2. The number of benzene rings is 1. The number of fused-ring (bicyclic) bond motifs is 2. The predicted octanol–water partition coefficient (Wildman–Crippen LogP) is 4.20. The lowest BCUT2D eigenvalue weighted by atomic mass is 10.0. The van der Waals surface area contributed by atoms with E-state index < -0.39 is 0 Å². The second-order valence-corrected chi connectivity index (χ2v) is 6.43. The van der Waals surface area contributed by atoms with Crippen LogP contribution in [0.25, 0.3) is 16.6 Å². The highest BCUT2D eigenvalue weighted by molar-refractivity contribution is 5.96. The minimum absolute atomic E-state index is 0.155. The van der Waals surface area contributed by atoms with E-state index in [0.29, 0.717) is 6.42 Å². The molecule has 0 aliphatic carbocycles. The lowest BCUT2D eigenvalue weighted by Gasteiger charge is -2.05. The molecule has 0 fully saturated rings. The standard InChI is InChI=1S/C21H21N3O/c1-3-17-21(24-12-5-4-6-20(24)22-17)19(25)10-8-15-7-9-16-11-13-23(2)18(16)14-15/h4-7,9,11-14H,3,8,10H2,1-2H3. The number of pyridine rings is 1. The highest BCUT2D eigenvalue weighted by Gasteiger charge is 2.17. The minimum Gasteiger partial charge on any atom is -0.351 e. The lowest BCUT2D eigenvalue weighted by Crippen LogP contribution is -2.07. The van der Waals surface area contributed by atoms with Crippen LogP contribution < -0.4 is 0 Å². The molecule has 0 aliphatic rings. The van der Waals surface area contributed by atoms with Crippen LogP contribution in [-0.4, -0.2) is 19.7 Å². The van der Waals surface area contributed by atoms with Gasteiger partial charge in [0.25, 0.3) is 0 Å².